The third-order valence-electron chi connectivity index (χ3n) is 13.7. The lowest BCUT2D eigenvalue weighted by Gasteiger charge is -2.49. The molecule has 2 amide bonds. The van der Waals surface area contributed by atoms with E-state index in [1.807, 2.05) is 22.5 Å². The molecule has 5 fully saturated rings. The van der Waals surface area contributed by atoms with Crippen molar-refractivity contribution in [1.29, 1.82) is 0 Å². The summed E-state index contributed by atoms with van der Waals surface area (Å²) in [7, 11) is 0. The molecule has 2 saturated carbocycles. The molecule has 282 valence electrons. The van der Waals surface area contributed by atoms with Crippen molar-refractivity contribution in [3.63, 3.8) is 0 Å². The predicted molar refractivity (Wildman–Crippen MR) is 204 cm³/mol. The third kappa shape index (κ3) is 5.30. The van der Waals surface area contributed by atoms with Gasteiger partial charge in [-0.3, -0.25) is 19.5 Å². The molecule has 3 saturated heterocycles. The van der Waals surface area contributed by atoms with E-state index in [0.717, 1.165) is 47.2 Å². The summed E-state index contributed by atoms with van der Waals surface area (Å²) in [6.07, 6.45) is 13.1. The number of likely N-dealkylation sites (tertiary alicyclic amines) is 2. The summed E-state index contributed by atoms with van der Waals surface area (Å²) in [6, 6.07) is 10.7. The first-order valence-corrected chi connectivity index (χ1v) is 19.9. The second kappa shape index (κ2) is 12.3. The zero-order valence-electron chi connectivity index (χ0n) is 31.5. The Morgan fingerprint density at radius 1 is 1.02 bits per heavy atom. The molecule has 10 rings (SSSR count). The molecular weight excluding hydrogens is 684 g/mol. The summed E-state index contributed by atoms with van der Waals surface area (Å²) in [5, 5.41) is 3.24. The summed E-state index contributed by atoms with van der Waals surface area (Å²) in [4.78, 5) is 49.1. The first-order chi connectivity index (χ1) is 26.1. The van der Waals surface area contributed by atoms with Crippen LogP contribution in [0.4, 0.5) is 21.6 Å². The minimum Gasteiger partial charge on any atom is -0.379 e. The number of nitrogens with zero attached hydrogens (tertiary/aromatic N) is 7. The maximum atomic E-state index is 15.0. The zero-order chi connectivity index (χ0) is 37.0. The van der Waals surface area contributed by atoms with Crippen LogP contribution in [0, 0.1) is 16.6 Å². The van der Waals surface area contributed by atoms with Crippen molar-refractivity contribution in [2.24, 2.45) is 10.8 Å². The zero-order valence-corrected chi connectivity index (χ0v) is 31.5. The molecule has 6 aliphatic rings. The van der Waals surface area contributed by atoms with E-state index in [1.165, 1.54) is 38.4 Å². The molecular formula is C42H49FN8O3. The molecule has 2 aliphatic carbocycles. The van der Waals surface area contributed by atoms with E-state index >= 15 is 0 Å². The van der Waals surface area contributed by atoms with Gasteiger partial charge in [-0.25, -0.2) is 14.4 Å². The van der Waals surface area contributed by atoms with Crippen molar-refractivity contribution in [1.82, 2.24) is 29.3 Å². The number of fused-ring (bicyclic) bond motifs is 3. The summed E-state index contributed by atoms with van der Waals surface area (Å²) < 4.78 is 22.3. The van der Waals surface area contributed by atoms with E-state index in [9.17, 15) is 14.0 Å². The van der Waals surface area contributed by atoms with Gasteiger partial charge in [0.15, 0.2) is 11.6 Å². The molecule has 1 aromatic carbocycles. The van der Waals surface area contributed by atoms with Crippen LogP contribution in [0.1, 0.15) is 83.7 Å². The lowest BCUT2D eigenvalue weighted by molar-refractivity contribution is -0.170. The molecule has 0 bridgehead atoms. The summed E-state index contributed by atoms with van der Waals surface area (Å²) in [6.45, 7) is 10.5. The van der Waals surface area contributed by atoms with Gasteiger partial charge in [-0.15, -0.1) is 0 Å². The van der Waals surface area contributed by atoms with Crippen LogP contribution >= 0.6 is 0 Å². The van der Waals surface area contributed by atoms with Crippen molar-refractivity contribution < 1.29 is 18.7 Å². The fourth-order valence-electron chi connectivity index (χ4n) is 10.1. The number of anilines is 3. The van der Waals surface area contributed by atoms with Gasteiger partial charge in [-0.1, -0.05) is 12.1 Å². The maximum Gasteiger partial charge on any atom is 0.238 e. The van der Waals surface area contributed by atoms with Crippen molar-refractivity contribution in [3.8, 4) is 11.3 Å². The van der Waals surface area contributed by atoms with Crippen molar-refractivity contribution in [3.05, 3.63) is 60.4 Å². The molecule has 7 heterocycles. The standard InChI is InChI=1S/C42H49FN8O3/c1-26(2)50-25-45-34-20-33(47-37(36(34)50)46-32-7-13-44-21-31(32)43)27-5-6-30-35(17-27)51(29-18-28(19-29)49-14-4-8-41(22-49)9-10-41)39(53)42(30)11-15-48(16-12-42)38(52)40(3)23-54-24-40/h5-7,13,17,20-21,25-26,28-29H,4,8-12,14-16,18-19,22-24H2,1-3H3,(H,44,46,47)/t28-,29+. The third-order valence-corrected chi connectivity index (χ3v) is 13.7. The number of aromatic nitrogens is 4. The molecule has 3 aromatic heterocycles. The summed E-state index contributed by atoms with van der Waals surface area (Å²) in [5.74, 6) is 0.345. The molecule has 0 unspecified atom stereocenters. The van der Waals surface area contributed by atoms with Crippen LogP contribution in [0.5, 0.6) is 0 Å². The van der Waals surface area contributed by atoms with Crippen LogP contribution in [-0.2, 0) is 19.7 Å². The Bertz CT molecular complexity index is 2160. The molecule has 4 aromatic rings. The summed E-state index contributed by atoms with van der Waals surface area (Å²) in [5.41, 5.74) is 4.82. The van der Waals surface area contributed by atoms with E-state index in [1.54, 1.807) is 18.6 Å². The Hall–Kier alpha value is -4.42. The molecule has 0 radical (unpaired) electrons. The fraction of sp³-hybridized carbons (Fsp3) is 0.548. The Morgan fingerprint density at radius 2 is 1.81 bits per heavy atom. The van der Waals surface area contributed by atoms with Crippen LogP contribution < -0.4 is 10.2 Å². The van der Waals surface area contributed by atoms with E-state index in [4.69, 9.17) is 14.7 Å². The molecule has 54 heavy (non-hydrogen) atoms. The number of hydrogen-bond acceptors (Lipinski definition) is 8. The number of pyridine rings is 2. The molecule has 12 heteroatoms. The normalized spacial score (nSPS) is 25.2. The van der Waals surface area contributed by atoms with Crippen molar-refractivity contribution >= 4 is 40.0 Å². The number of ether oxygens (including phenoxy) is 1. The Kier molecular flexibility index (Phi) is 7.76. The number of halogens is 1. The van der Waals surface area contributed by atoms with Gasteiger partial charge < -0.3 is 24.4 Å². The lowest BCUT2D eigenvalue weighted by atomic mass is 9.72. The van der Waals surface area contributed by atoms with Crippen LogP contribution in [0.15, 0.2) is 49.1 Å². The number of benzene rings is 1. The van der Waals surface area contributed by atoms with E-state index in [2.05, 4.69) is 52.1 Å². The number of hydrogen-bond donors (Lipinski definition) is 1. The van der Waals surface area contributed by atoms with Gasteiger partial charge in [0.1, 0.15) is 5.52 Å². The average molecular weight is 733 g/mol. The number of carbonyl (C=O) groups excluding carboxylic acids is 2. The van der Waals surface area contributed by atoms with Crippen LogP contribution in [0.2, 0.25) is 0 Å². The lowest BCUT2D eigenvalue weighted by Crippen LogP contribution is -2.60. The van der Waals surface area contributed by atoms with Crippen molar-refractivity contribution in [2.45, 2.75) is 95.7 Å². The van der Waals surface area contributed by atoms with Gasteiger partial charge in [0, 0.05) is 55.2 Å². The second-order valence-electron chi connectivity index (χ2n) is 17.6. The highest BCUT2D eigenvalue weighted by Gasteiger charge is 2.57. The Morgan fingerprint density at radius 3 is 2.52 bits per heavy atom. The average Bonchev–Trinajstić information content (AvgIpc) is 3.65. The fourth-order valence-corrected chi connectivity index (χ4v) is 10.1. The van der Waals surface area contributed by atoms with Gasteiger partial charge >= 0.3 is 0 Å². The molecule has 4 aliphatic heterocycles. The number of amides is 2. The highest BCUT2D eigenvalue weighted by molar-refractivity contribution is 6.09. The minimum atomic E-state index is -0.672. The first-order valence-electron chi connectivity index (χ1n) is 19.9. The SMILES string of the molecule is CC(C)n1cnc2cc(-c3ccc4c(c3)N([C@H]3C[C@@H](N5CCCC6(CC6)C5)C3)C(=O)C43CCN(C(=O)C4(C)COC4)CC3)nc(Nc3ccncc3F)c21. The van der Waals surface area contributed by atoms with Gasteiger partial charge in [-0.05, 0) is 108 Å². The number of nitrogens with one attached hydrogen (secondary N) is 1. The Labute approximate surface area is 315 Å². The summed E-state index contributed by atoms with van der Waals surface area (Å²) >= 11 is 0. The molecule has 11 nitrogen and oxygen atoms in total. The predicted octanol–water partition coefficient (Wildman–Crippen LogP) is 6.61. The van der Waals surface area contributed by atoms with E-state index in [0.29, 0.717) is 62.1 Å². The highest BCUT2D eigenvalue weighted by atomic mass is 19.1. The van der Waals surface area contributed by atoms with Crippen molar-refractivity contribution in [2.75, 3.05) is 49.6 Å². The van der Waals surface area contributed by atoms with E-state index < -0.39 is 16.6 Å². The monoisotopic (exact) mass is 732 g/mol. The van der Waals surface area contributed by atoms with Crippen LogP contribution in [0.3, 0.4) is 0 Å². The maximum absolute atomic E-state index is 15.0. The second-order valence-corrected chi connectivity index (χ2v) is 17.6. The highest BCUT2D eigenvalue weighted by Crippen LogP contribution is 2.55. The molecule has 0 atom stereocenters. The number of rotatable bonds is 7. The first kappa shape index (κ1) is 34.1. The van der Waals surface area contributed by atoms with Gasteiger partial charge in [0.2, 0.25) is 11.8 Å². The van der Waals surface area contributed by atoms with Gasteiger partial charge in [0.25, 0.3) is 0 Å². The molecule has 1 N–H and O–H groups in total. The quantitative estimate of drug-likeness (QED) is 0.226. The van der Waals surface area contributed by atoms with Gasteiger partial charge in [0.05, 0.1) is 53.5 Å². The van der Waals surface area contributed by atoms with Gasteiger partial charge in [-0.2, -0.15) is 0 Å². The number of carbonyl (C=O) groups is 2. The number of imidazole rings is 1. The largest absolute Gasteiger partial charge is 0.379 e. The molecule has 2 spiro atoms. The van der Waals surface area contributed by atoms with Crippen LogP contribution in [0.25, 0.3) is 22.3 Å². The number of piperidine rings is 2. The Balaban J connectivity index is 1.01. The smallest absolute Gasteiger partial charge is 0.238 e. The van der Waals surface area contributed by atoms with E-state index in [-0.39, 0.29) is 29.6 Å². The minimum absolute atomic E-state index is 0.110. The van der Waals surface area contributed by atoms with Crippen LogP contribution in [-0.4, -0.2) is 92.6 Å². The topological polar surface area (TPSA) is 109 Å².